The number of hydrogen-bond donors (Lipinski definition) is 1. The van der Waals surface area contributed by atoms with E-state index in [0.29, 0.717) is 18.5 Å². The molecule has 1 saturated heterocycles. The molecule has 3 rings (SSSR count). The summed E-state index contributed by atoms with van der Waals surface area (Å²) in [5.41, 5.74) is 9.75. The lowest BCUT2D eigenvalue weighted by Gasteiger charge is -2.32. The molecule has 0 atom stereocenters. The lowest BCUT2D eigenvalue weighted by Crippen LogP contribution is -2.34. The molecule has 2 heterocycles. The Morgan fingerprint density at radius 2 is 1.86 bits per heavy atom. The molecule has 0 radical (unpaired) electrons. The first kappa shape index (κ1) is 21.3. The van der Waals surface area contributed by atoms with Gasteiger partial charge in [-0.1, -0.05) is 13.0 Å². The zero-order valence-electron chi connectivity index (χ0n) is 16.5. The highest BCUT2D eigenvalue weighted by atomic mass is 79.9. The number of carbonyl (C=O) groups excluding carboxylic acids is 1. The van der Waals surface area contributed by atoms with E-state index in [2.05, 4.69) is 49.7 Å². The molecule has 0 spiro atoms. The summed E-state index contributed by atoms with van der Waals surface area (Å²) in [6.45, 7) is 6.44. The van der Waals surface area contributed by atoms with E-state index in [4.69, 9.17) is 10.7 Å². The fraction of sp³-hybridized carbons (Fsp3) is 0.455. The molecule has 0 bridgehead atoms. The molecule has 0 unspecified atom stereocenters. The van der Waals surface area contributed by atoms with Gasteiger partial charge in [-0.2, -0.15) is 0 Å². The summed E-state index contributed by atoms with van der Waals surface area (Å²) >= 11 is 6.89. The highest BCUT2D eigenvalue weighted by molar-refractivity contribution is 9.11. The van der Waals surface area contributed by atoms with Gasteiger partial charge in [0.2, 0.25) is 0 Å². The lowest BCUT2D eigenvalue weighted by molar-refractivity contribution is -0.118. The molecule has 1 fully saturated rings. The first-order valence-corrected chi connectivity index (χ1v) is 11.4. The fourth-order valence-corrected chi connectivity index (χ4v) is 4.87. The summed E-state index contributed by atoms with van der Waals surface area (Å²) in [5.74, 6) is 2.07. The molecule has 1 aromatic carbocycles. The Kier molecular flexibility index (Phi) is 7.15. The monoisotopic (exact) mass is 507 g/mol. The van der Waals surface area contributed by atoms with Crippen LogP contribution in [0.15, 0.2) is 33.2 Å². The van der Waals surface area contributed by atoms with Crippen LogP contribution in [0, 0.1) is 12.8 Å². The van der Waals surface area contributed by atoms with E-state index >= 15 is 0 Å². The van der Waals surface area contributed by atoms with Gasteiger partial charge in [0.1, 0.15) is 11.6 Å². The molecule has 1 aliphatic rings. The lowest BCUT2D eigenvalue weighted by atomic mass is 9.98. The molecular formula is C22H27Br2N3O. The summed E-state index contributed by atoms with van der Waals surface area (Å²) in [6, 6.07) is 8.03. The van der Waals surface area contributed by atoms with E-state index in [9.17, 15) is 4.79 Å². The van der Waals surface area contributed by atoms with Crippen LogP contribution in [-0.4, -0.2) is 23.9 Å². The van der Waals surface area contributed by atoms with E-state index in [1.54, 1.807) is 0 Å². The summed E-state index contributed by atoms with van der Waals surface area (Å²) in [7, 11) is 0. The minimum atomic E-state index is 0.224. The number of hydrogen-bond acceptors (Lipinski definition) is 4. The van der Waals surface area contributed by atoms with Gasteiger partial charge in [0.05, 0.1) is 5.69 Å². The van der Waals surface area contributed by atoms with Crippen molar-refractivity contribution in [2.24, 2.45) is 5.92 Å². The number of rotatable bonds is 6. The molecule has 4 nitrogen and oxygen atoms in total. The Labute approximate surface area is 184 Å². The number of nitrogen functional groups attached to an aromatic ring is 1. The average molecular weight is 509 g/mol. The molecule has 0 aliphatic carbocycles. The van der Waals surface area contributed by atoms with E-state index in [1.165, 1.54) is 18.4 Å². The van der Waals surface area contributed by atoms with Gasteiger partial charge in [0, 0.05) is 40.6 Å². The van der Waals surface area contributed by atoms with Gasteiger partial charge < -0.3 is 10.6 Å². The second-order valence-electron chi connectivity index (χ2n) is 7.79. The van der Waals surface area contributed by atoms with Crippen molar-refractivity contribution < 1.29 is 4.79 Å². The average Bonchev–Trinajstić information content (AvgIpc) is 2.65. The van der Waals surface area contributed by atoms with Crippen LogP contribution in [0.3, 0.4) is 0 Å². The number of Topliss-reactive ketones (excluding diaryl/α,β-unsaturated/α-hetero) is 1. The number of benzene rings is 1. The molecule has 1 aliphatic heterocycles. The Morgan fingerprint density at radius 1 is 1.21 bits per heavy atom. The van der Waals surface area contributed by atoms with Crippen LogP contribution in [-0.2, 0) is 17.6 Å². The zero-order chi connectivity index (χ0) is 20.3. The molecule has 28 heavy (non-hydrogen) atoms. The second-order valence-corrected chi connectivity index (χ2v) is 9.50. The number of aryl methyl sites for hydroxylation is 2. The predicted octanol–water partition coefficient (Wildman–Crippen LogP) is 5.48. The molecule has 6 heteroatoms. The van der Waals surface area contributed by atoms with Gasteiger partial charge in [-0.15, -0.1) is 0 Å². The summed E-state index contributed by atoms with van der Waals surface area (Å²) < 4.78 is 1.63. The van der Waals surface area contributed by atoms with E-state index in [0.717, 1.165) is 51.4 Å². The van der Waals surface area contributed by atoms with Crippen LogP contribution >= 0.6 is 31.9 Å². The highest BCUT2D eigenvalue weighted by Gasteiger charge is 2.20. The van der Waals surface area contributed by atoms with Gasteiger partial charge in [0.15, 0.2) is 0 Å². The summed E-state index contributed by atoms with van der Waals surface area (Å²) in [6.07, 6.45) is 4.06. The van der Waals surface area contributed by atoms with Crippen molar-refractivity contribution >= 4 is 49.1 Å². The molecule has 0 amide bonds. The van der Waals surface area contributed by atoms with Crippen molar-refractivity contribution in [3.63, 3.8) is 0 Å². The quantitative estimate of drug-likeness (QED) is 0.525. The predicted molar refractivity (Wildman–Crippen MR) is 123 cm³/mol. The molecule has 1 aromatic heterocycles. The second kappa shape index (κ2) is 9.40. The van der Waals surface area contributed by atoms with Gasteiger partial charge in [-0.05, 0) is 93.3 Å². The van der Waals surface area contributed by atoms with Gasteiger partial charge in [-0.3, -0.25) is 4.79 Å². The SMILES string of the molecule is Cc1ccc(CCC(=O)Cc2cc(Br)c(N)c(Br)c2)c(N2CCC(C)CC2)n1. The number of pyridine rings is 1. The van der Waals surface area contributed by atoms with Gasteiger partial charge in [0.25, 0.3) is 0 Å². The largest absolute Gasteiger partial charge is 0.397 e. The van der Waals surface area contributed by atoms with Crippen LogP contribution in [0.1, 0.15) is 43.0 Å². The van der Waals surface area contributed by atoms with E-state index in [-0.39, 0.29) is 5.78 Å². The highest BCUT2D eigenvalue weighted by Crippen LogP contribution is 2.30. The molecule has 2 N–H and O–H groups in total. The van der Waals surface area contributed by atoms with Crippen LogP contribution in [0.2, 0.25) is 0 Å². The van der Waals surface area contributed by atoms with Crippen molar-refractivity contribution in [2.45, 2.75) is 46.0 Å². The molecule has 150 valence electrons. The van der Waals surface area contributed by atoms with Crippen molar-refractivity contribution in [2.75, 3.05) is 23.7 Å². The molecular weight excluding hydrogens is 482 g/mol. The summed E-state index contributed by atoms with van der Waals surface area (Å²) in [4.78, 5) is 19.8. The minimum Gasteiger partial charge on any atom is -0.397 e. The third kappa shape index (κ3) is 5.35. The fourth-order valence-electron chi connectivity index (χ4n) is 3.59. The Hall–Kier alpha value is -1.40. The van der Waals surface area contributed by atoms with Crippen LogP contribution < -0.4 is 10.6 Å². The maximum absolute atomic E-state index is 12.6. The van der Waals surface area contributed by atoms with Crippen molar-refractivity contribution in [3.8, 4) is 0 Å². The number of carbonyl (C=O) groups is 1. The maximum atomic E-state index is 12.6. The van der Waals surface area contributed by atoms with Crippen molar-refractivity contribution in [3.05, 3.63) is 50.0 Å². The Balaban J connectivity index is 1.66. The van der Waals surface area contributed by atoms with Crippen LogP contribution in [0.5, 0.6) is 0 Å². The smallest absolute Gasteiger partial charge is 0.137 e. The normalized spacial score (nSPS) is 15.1. The Morgan fingerprint density at radius 3 is 2.50 bits per heavy atom. The Bertz CT molecular complexity index is 838. The van der Waals surface area contributed by atoms with E-state index < -0.39 is 0 Å². The van der Waals surface area contributed by atoms with Crippen molar-refractivity contribution in [1.29, 1.82) is 0 Å². The first-order chi connectivity index (χ1) is 13.3. The standard InChI is InChI=1S/C22H27Br2N3O/c1-14-7-9-27(10-8-14)22-17(4-3-15(2)26-22)5-6-18(28)11-16-12-19(23)21(25)20(24)13-16/h3-4,12-14H,5-11,25H2,1-2H3. The summed E-state index contributed by atoms with van der Waals surface area (Å²) in [5, 5.41) is 0. The first-order valence-electron chi connectivity index (χ1n) is 9.80. The zero-order valence-corrected chi connectivity index (χ0v) is 19.6. The van der Waals surface area contributed by atoms with Crippen LogP contribution in [0.25, 0.3) is 0 Å². The number of ketones is 1. The topological polar surface area (TPSA) is 59.2 Å². The molecule has 0 saturated carbocycles. The third-order valence-electron chi connectivity index (χ3n) is 5.39. The number of aromatic nitrogens is 1. The third-order valence-corrected chi connectivity index (χ3v) is 6.70. The number of piperidine rings is 1. The van der Waals surface area contributed by atoms with Gasteiger partial charge >= 0.3 is 0 Å². The van der Waals surface area contributed by atoms with E-state index in [1.807, 2.05) is 25.1 Å². The maximum Gasteiger partial charge on any atom is 0.137 e. The van der Waals surface area contributed by atoms with Crippen LogP contribution in [0.4, 0.5) is 11.5 Å². The number of nitrogens with two attached hydrogens (primary N) is 1. The van der Waals surface area contributed by atoms with Crippen molar-refractivity contribution in [1.82, 2.24) is 4.98 Å². The number of halogens is 2. The number of anilines is 2. The van der Waals surface area contributed by atoms with Gasteiger partial charge in [-0.25, -0.2) is 4.98 Å². The molecule has 2 aromatic rings. The minimum absolute atomic E-state index is 0.224. The number of nitrogens with zero attached hydrogens (tertiary/aromatic N) is 2.